The predicted octanol–water partition coefficient (Wildman–Crippen LogP) is 3.99. The summed E-state index contributed by atoms with van der Waals surface area (Å²) in [7, 11) is 1.63. The number of rotatable bonds is 5. The van der Waals surface area contributed by atoms with Crippen LogP contribution in [0.1, 0.15) is 28.8 Å². The Kier molecular flexibility index (Phi) is 4.24. The standard InChI is InChI=1S/C23H19FN4O2/c1-30-18-4-2-3-15(11-18)23(9-10-23)27-22(29)20-12-25-14-21-19(20)13-26-28(21)17-7-5-16(24)6-8-17/h2-8,11-14H,9-10H2,1H3,(H,27,29). The largest absolute Gasteiger partial charge is 0.497 e. The molecule has 1 N–H and O–H groups in total. The Morgan fingerprint density at radius 3 is 2.67 bits per heavy atom. The van der Waals surface area contributed by atoms with E-state index in [-0.39, 0.29) is 17.3 Å². The molecule has 0 saturated heterocycles. The summed E-state index contributed by atoms with van der Waals surface area (Å²) >= 11 is 0. The molecule has 2 heterocycles. The van der Waals surface area contributed by atoms with E-state index in [4.69, 9.17) is 4.74 Å². The molecular weight excluding hydrogens is 383 g/mol. The van der Waals surface area contributed by atoms with Crippen molar-refractivity contribution >= 4 is 16.8 Å². The predicted molar refractivity (Wildman–Crippen MR) is 110 cm³/mol. The van der Waals surface area contributed by atoms with Gasteiger partial charge in [-0.2, -0.15) is 5.10 Å². The molecule has 4 aromatic rings. The van der Waals surface area contributed by atoms with E-state index in [1.807, 2.05) is 24.3 Å². The van der Waals surface area contributed by atoms with Gasteiger partial charge >= 0.3 is 0 Å². The minimum atomic E-state index is -0.388. The molecule has 1 aliphatic carbocycles. The third-order valence-corrected chi connectivity index (χ3v) is 5.54. The van der Waals surface area contributed by atoms with Crippen molar-refractivity contribution < 1.29 is 13.9 Å². The van der Waals surface area contributed by atoms with Crippen LogP contribution in [0.5, 0.6) is 5.75 Å². The Labute approximate surface area is 172 Å². The Bertz CT molecular complexity index is 1250. The van der Waals surface area contributed by atoms with Gasteiger partial charge in [-0.3, -0.25) is 9.78 Å². The number of nitrogens with one attached hydrogen (secondary N) is 1. The fraction of sp³-hybridized carbons (Fsp3) is 0.174. The number of methoxy groups -OCH3 is 1. The summed E-state index contributed by atoms with van der Waals surface area (Å²) in [6.07, 6.45) is 6.57. The van der Waals surface area contributed by atoms with Crippen molar-refractivity contribution in [2.75, 3.05) is 7.11 Å². The molecule has 7 heteroatoms. The minimum absolute atomic E-state index is 0.202. The molecule has 1 aliphatic rings. The second-order valence-electron chi connectivity index (χ2n) is 7.42. The zero-order valence-corrected chi connectivity index (χ0v) is 16.3. The van der Waals surface area contributed by atoms with Crippen molar-refractivity contribution in [1.29, 1.82) is 0 Å². The summed E-state index contributed by atoms with van der Waals surface area (Å²) < 4.78 is 20.2. The molecule has 1 saturated carbocycles. The first-order valence-corrected chi connectivity index (χ1v) is 9.64. The Hall–Kier alpha value is -3.74. The second kappa shape index (κ2) is 6.95. The maximum absolute atomic E-state index is 13.3. The highest BCUT2D eigenvalue weighted by atomic mass is 19.1. The molecule has 2 aromatic carbocycles. The van der Waals surface area contributed by atoms with Gasteiger partial charge in [0.25, 0.3) is 5.91 Å². The number of carbonyl (C=O) groups excluding carboxylic acids is 1. The van der Waals surface area contributed by atoms with Crippen LogP contribution in [0, 0.1) is 5.82 Å². The molecule has 150 valence electrons. The zero-order valence-electron chi connectivity index (χ0n) is 16.3. The summed E-state index contributed by atoms with van der Waals surface area (Å²) in [5.74, 6) is 0.241. The maximum Gasteiger partial charge on any atom is 0.254 e. The topological polar surface area (TPSA) is 69.0 Å². The molecule has 0 radical (unpaired) electrons. The van der Waals surface area contributed by atoms with E-state index in [2.05, 4.69) is 15.4 Å². The van der Waals surface area contributed by atoms with E-state index >= 15 is 0 Å². The van der Waals surface area contributed by atoms with E-state index in [1.54, 1.807) is 42.5 Å². The Balaban J connectivity index is 1.48. The van der Waals surface area contributed by atoms with Crippen LogP contribution in [0.2, 0.25) is 0 Å². The zero-order chi connectivity index (χ0) is 20.7. The normalized spacial score (nSPS) is 14.5. The quantitative estimate of drug-likeness (QED) is 0.548. The molecule has 5 rings (SSSR count). The lowest BCUT2D eigenvalue weighted by molar-refractivity contribution is 0.0932. The van der Waals surface area contributed by atoms with Crippen molar-refractivity contribution in [2.45, 2.75) is 18.4 Å². The maximum atomic E-state index is 13.3. The molecule has 0 atom stereocenters. The smallest absolute Gasteiger partial charge is 0.254 e. The molecular formula is C23H19FN4O2. The van der Waals surface area contributed by atoms with Gasteiger partial charge in [-0.25, -0.2) is 9.07 Å². The van der Waals surface area contributed by atoms with E-state index in [1.165, 1.54) is 12.1 Å². The number of aromatic nitrogens is 3. The van der Waals surface area contributed by atoms with Crippen LogP contribution in [0.4, 0.5) is 4.39 Å². The van der Waals surface area contributed by atoms with Crippen molar-refractivity contribution in [3.05, 3.63) is 84.1 Å². The van der Waals surface area contributed by atoms with Crippen LogP contribution in [-0.2, 0) is 5.54 Å². The number of pyridine rings is 1. The van der Waals surface area contributed by atoms with Gasteiger partial charge in [-0.1, -0.05) is 12.1 Å². The van der Waals surface area contributed by atoms with Gasteiger partial charge < -0.3 is 10.1 Å². The van der Waals surface area contributed by atoms with Gasteiger partial charge in [-0.15, -0.1) is 0 Å². The summed E-state index contributed by atoms with van der Waals surface area (Å²) in [5, 5.41) is 8.26. The molecule has 0 aliphatic heterocycles. The lowest BCUT2D eigenvalue weighted by Gasteiger charge is -2.19. The summed E-state index contributed by atoms with van der Waals surface area (Å²) in [4.78, 5) is 17.4. The van der Waals surface area contributed by atoms with Crippen molar-refractivity contribution in [3.63, 3.8) is 0 Å². The highest BCUT2D eigenvalue weighted by Crippen LogP contribution is 2.46. The van der Waals surface area contributed by atoms with Gasteiger partial charge in [0.05, 0.1) is 41.8 Å². The highest BCUT2D eigenvalue weighted by molar-refractivity contribution is 6.06. The van der Waals surface area contributed by atoms with Crippen LogP contribution in [0.15, 0.2) is 67.1 Å². The summed E-state index contributed by atoms with van der Waals surface area (Å²) in [6.45, 7) is 0. The fourth-order valence-corrected chi connectivity index (χ4v) is 3.73. The molecule has 30 heavy (non-hydrogen) atoms. The third-order valence-electron chi connectivity index (χ3n) is 5.54. The first kappa shape index (κ1) is 18.3. The number of benzene rings is 2. The number of hydrogen-bond donors (Lipinski definition) is 1. The summed E-state index contributed by atoms with van der Waals surface area (Å²) in [6, 6.07) is 13.8. The monoisotopic (exact) mass is 402 g/mol. The van der Waals surface area contributed by atoms with Gasteiger partial charge in [0.2, 0.25) is 0 Å². The lowest BCUT2D eigenvalue weighted by atomic mass is 10.0. The number of ether oxygens (including phenoxy) is 1. The minimum Gasteiger partial charge on any atom is -0.497 e. The first-order chi connectivity index (χ1) is 14.6. The van der Waals surface area contributed by atoms with Crippen molar-refractivity contribution in [2.24, 2.45) is 0 Å². The number of hydrogen-bond acceptors (Lipinski definition) is 4. The van der Waals surface area contributed by atoms with E-state index in [0.29, 0.717) is 22.2 Å². The molecule has 0 spiro atoms. The van der Waals surface area contributed by atoms with Crippen molar-refractivity contribution in [3.8, 4) is 11.4 Å². The van der Waals surface area contributed by atoms with E-state index in [0.717, 1.165) is 24.2 Å². The van der Waals surface area contributed by atoms with Gasteiger partial charge in [0.1, 0.15) is 11.6 Å². The van der Waals surface area contributed by atoms with Gasteiger partial charge in [0, 0.05) is 11.6 Å². The number of halogens is 1. The van der Waals surface area contributed by atoms with Crippen molar-refractivity contribution in [1.82, 2.24) is 20.1 Å². The average Bonchev–Trinajstić information content (AvgIpc) is 3.43. The Morgan fingerprint density at radius 1 is 1.13 bits per heavy atom. The number of nitrogens with zero attached hydrogens (tertiary/aromatic N) is 3. The van der Waals surface area contributed by atoms with Gasteiger partial charge in [0.15, 0.2) is 0 Å². The average molecular weight is 402 g/mol. The molecule has 0 bridgehead atoms. The summed E-state index contributed by atoms with van der Waals surface area (Å²) in [5.41, 5.74) is 2.47. The first-order valence-electron chi connectivity index (χ1n) is 9.64. The molecule has 0 unspecified atom stereocenters. The Morgan fingerprint density at radius 2 is 1.93 bits per heavy atom. The van der Waals surface area contributed by atoms with Crippen LogP contribution in [0.25, 0.3) is 16.6 Å². The molecule has 2 aromatic heterocycles. The van der Waals surface area contributed by atoms with Crippen LogP contribution in [-0.4, -0.2) is 27.8 Å². The SMILES string of the molecule is COc1cccc(C2(NC(=O)c3cncc4c3cnn4-c3ccc(F)cc3)CC2)c1. The van der Waals surface area contributed by atoms with Crippen LogP contribution < -0.4 is 10.1 Å². The third kappa shape index (κ3) is 3.08. The molecule has 1 amide bonds. The fourth-order valence-electron chi connectivity index (χ4n) is 3.73. The van der Waals surface area contributed by atoms with E-state index < -0.39 is 0 Å². The molecule has 6 nitrogen and oxygen atoms in total. The van der Waals surface area contributed by atoms with Gasteiger partial charge in [-0.05, 0) is 54.8 Å². The van der Waals surface area contributed by atoms with Crippen LogP contribution >= 0.6 is 0 Å². The second-order valence-corrected chi connectivity index (χ2v) is 7.42. The lowest BCUT2D eigenvalue weighted by Crippen LogP contribution is -2.35. The number of amides is 1. The highest BCUT2D eigenvalue weighted by Gasteiger charge is 2.46. The number of fused-ring (bicyclic) bond motifs is 1. The molecule has 1 fully saturated rings. The van der Waals surface area contributed by atoms with Crippen LogP contribution in [0.3, 0.4) is 0 Å². The van der Waals surface area contributed by atoms with E-state index in [9.17, 15) is 9.18 Å². The number of carbonyl (C=O) groups is 1.